The molecule has 2 aliphatic heterocycles. The first-order chi connectivity index (χ1) is 16.1. The second-order valence-electron chi connectivity index (χ2n) is 8.20. The number of likely N-dealkylation sites (tertiary alicyclic amines) is 1. The fourth-order valence-corrected chi connectivity index (χ4v) is 3.83. The van der Waals surface area contributed by atoms with Crippen LogP contribution in [0.2, 0.25) is 0 Å². The van der Waals surface area contributed by atoms with Crippen molar-refractivity contribution in [1.82, 2.24) is 9.80 Å². The van der Waals surface area contributed by atoms with Crippen molar-refractivity contribution in [2.24, 2.45) is 0 Å². The van der Waals surface area contributed by atoms with Crippen LogP contribution in [0.15, 0.2) is 48.5 Å². The average Bonchev–Trinajstić information content (AvgIpc) is 3.18. The first-order valence-electron chi connectivity index (χ1n) is 11.7. The molecule has 0 unspecified atom stereocenters. The van der Waals surface area contributed by atoms with E-state index in [1.54, 1.807) is 16.7 Å². The molecule has 2 amide bonds. The fraction of sp³-hybridized carbons (Fsp3) is 0.462. The lowest BCUT2D eigenvalue weighted by Gasteiger charge is -2.27. The minimum Gasteiger partial charge on any atom is -0.344 e. The number of anilines is 1. The maximum absolute atomic E-state index is 12.7. The number of nitrogens with zero attached hydrogens (tertiary/aromatic N) is 3. The van der Waals surface area contributed by atoms with Crippen LogP contribution in [0.5, 0.6) is 0 Å². The molecule has 0 aliphatic carbocycles. The van der Waals surface area contributed by atoms with E-state index in [0.29, 0.717) is 31.9 Å². The van der Waals surface area contributed by atoms with Gasteiger partial charge >= 0.3 is 6.18 Å². The Morgan fingerprint density at radius 1 is 0.941 bits per heavy atom. The summed E-state index contributed by atoms with van der Waals surface area (Å²) in [5, 5.41) is 0. The summed E-state index contributed by atoms with van der Waals surface area (Å²) in [6, 6.07) is 13.5. The van der Waals surface area contributed by atoms with Crippen LogP contribution in [0.25, 0.3) is 0 Å². The summed E-state index contributed by atoms with van der Waals surface area (Å²) in [5.74, 6) is -0.113. The molecule has 2 heterocycles. The first kappa shape index (κ1) is 27.2. The van der Waals surface area contributed by atoms with Gasteiger partial charge in [0.1, 0.15) is 0 Å². The topological polar surface area (TPSA) is 43.9 Å². The number of hydrogen-bond acceptors (Lipinski definition) is 3. The predicted molar refractivity (Wildman–Crippen MR) is 129 cm³/mol. The zero-order valence-corrected chi connectivity index (χ0v) is 20.4. The lowest BCUT2D eigenvalue weighted by Crippen LogP contribution is -2.35. The summed E-state index contributed by atoms with van der Waals surface area (Å²) in [7, 11) is 1.82. The van der Waals surface area contributed by atoms with E-state index in [2.05, 4.69) is 4.90 Å². The molecule has 4 rings (SSSR count). The van der Waals surface area contributed by atoms with E-state index in [0.717, 1.165) is 37.1 Å². The Labute approximate surface area is 200 Å². The molecule has 2 saturated heterocycles. The third kappa shape index (κ3) is 7.50. The molecular formula is C26H34F3N3O2. The van der Waals surface area contributed by atoms with Gasteiger partial charge in [-0.15, -0.1) is 0 Å². The zero-order valence-electron chi connectivity index (χ0n) is 20.4. The molecule has 8 heteroatoms. The number of carbonyl (C=O) groups is 2. The van der Waals surface area contributed by atoms with Gasteiger partial charge in [-0.1, -0.05) is 32.0 Å². The Balaban J connectivity index is 0.000000237. The number of likely N-dealkylation sites (N-methyl/N-ethyl adjacent to an activating group) is 1. The number of benzene rings is 2. The number of halogens is 3. The molecule has 34 heavy (non-hydrogen) atoms. The summed E-state index contributed by atoms with van der Waals surface area (Å²) in [4.78, 5) is 28.9. The quantitative estimate of drug-likeness (QED) is 0.567. The molecule has 2 aromatic rings. The third-order valence-electron chi connectivity index (χ3n) is 5.55. The second-order valence-corrected chi connectivity index (χ2v) is 8.20. The molecule has 5 nitrogen and oxygen atoms in total. The van der Waals surface area contributed by atoms with Crippen LogP contribution in [0.1, 0.15) is 54.6 Å². The normalized spacial score (nSPS) is 15.9. The van der Waals surface area contributed by atoms with Crippen molar-refractivity contribution < 1.29 is 22.8 Å². The molecule has 0 aromatic heterocycles. The van der Waals surface area contributed by atoms with Gasteiger partial charge in [0.15, 0.2) is 0 Å². The van der Waals surface area contributed by atoms with E-state index in [-0.39, 0.29) is 17.4 Å². The molecule has 2 aromatic carbocycles. The van der Waals surface area contributed by atoms with E-state index in [9.17, 15) is 22.8 Å². The zero-order chi connectivity index (χ0) is 25.3. The number of hydrogen-bond donors (Lipinski definition) is 0. The SMILES string of the molecule is CC.CN1CN(c2ccccc2)CC1=O.Cc1cc(C(=O)N2CCCCC2)cc(C(F)(F)F)c1. The Morgan fingerprint density at radius 3 is 2.09 bits per heavy atom. The maximum atomic E-state index is 12.7. The van der Waals surface area contributed by atoms with Crippen LogP contribution >= 0.6 is 0 Å². The number of alkyl halides is 3. The highest BCUT2D eigenvalue weighted by atomic mass is 19.4. The lowest BCUT2D eigenvalue weighted by atomic mass is 10.0. The fourth-order valence-electron chi connectivity index (χ4n) is 3.83. The first-order valence-corrected chi connectivity index (χ1v) is 11.7. The summed E-state index contributed by atoms with van der Waals surface area (Å²) in [6.07, 6.45) is -1.50. The minimum atomic E-state index is -4.41. The molecule has 2 aliphatic rings. The van der Waals surface area contributed by atoms with Gasteiger partial charge in [-0.25, -0.2) is 0 Å². The van der Waals surface area contributed by atoms with Crippen molar-refractivity contribution in [2.45, 2.75) is 46.2 Å². The Hall–Kier alpha value is -3.03. The highest BCUT2D eigenvalue weighted by molar-refractivity contribution is 5.94. The molecule has 2 fully saturated rings. The monoisotopic (exact) mass is 477 g/mol. The van der Waals surface area contributed by atoms with E-state index in [4.69, 9.17) is 0 Å². The van der Waals surface area contributed by atoms with Gasteiger partial charge in [0.25, 0.3) is 5.91 Å². The second kappa shape index (κ2) is 12.4. The number of para-hydroxylation sites is 1. The van der Waals surface area contributed by atoms with Crippen molar-refractivity contribution in [1.29, 1.82) is 0 Å². The molecule has 186 valence electrons. The molecule has 0 atom stereocenters. The molecule has 0 bridgehead atoms. The van der Waals surface area contributed by atoms with Crippen LogP contribution < -0.4 is 4.90 Å². The summed E-state index contributed by atoms with van der Waals surface area (Å²) in [5.41, 5.74) is 0.942. The number of carbonyl (C=O) groups excluding carboxylic acids is 2. The van der Waals surface area contributed by atoms with E-state index < -0.39 is 11.7 Å². The number of aryl methyl sites for hydroxylation is 1. The smallest absolute Gasteiger partial charge is 0.344 e. The van der Waals surface area contributed by atoms with Crippen molar-refractivity contribution in [3.63, 3.8) is 0 Å². The standard InChI is InChI=1S/C14H16F3NO.C10H12N2O.C2H6/c1-10-7-11(9-12(8-10)14(15,16)17)13(19)18-5-3-2-4-6-18;1-11-8-12(7-10(11)13)9-5-3-2-4-6-9;1-2/h7-9H,2-6H2,1H3;2-6H,7-8H2,1H3;1-2H3. The van der Waals surface area contributed by atoms with E-state index in [1.807, 2.05) is 51.2 Å². The van der Waals surface area contributed by atoms with Crippen molar-refractivity contribution in [2.75, 3.05) is 38.3 Å². The van der Waals surface area contributed by atoms with Gasteiger partial charge < -0.3 is 14.7 Å². The molecule has 0 radical (unpaired) electrons. The van der Waals surface area contributed by atoms with Gasteiger partial charge in [-0.2, -0.15) is 13.2 Å². The Morgan fingerprint density at radius 2 is 1.56 bits per heavy atom. The minimum absolute atomic E-state index is 0.134. The van der Waals surface area contributed by atoms with Crippen molar-refractivity contribution >= 4 is 17.5 Å². The Kier molecular flexibility index (Phi) is 9.96. The van der Waals surface area contributed by atoms with E-state index >= 15 is 0 Å². The van der Waals surface area contributed by atoms with Crippen LogP contribution in [0.3, 0.4) is 0 Å². The third-order valence-corrected chi connectivity index (χ3v) is 5.55. The molecule has 0 saturated carbocycles. The summed E-state index contributed by atoms with van der Waals surface area (Å²) < 4.78 is 38.2. The van der Waals surface area contributed by atoms with Crippen molar-refractivity contribution in [3.05, 3.63) is 65.2 Å². The summed E-state index contributed by atoms with van der Waals surface area (Å²) >= 11 is 0. The maximum Gasteiger partial charge on any atom is 0.416 e. The van der Waals surface area contributed by atoms with Crippen LogP contribution in [-0.4, -0.2) is 55.0 Å². The van der Waals surface area contributed by atoms with Gasteiger partial charge in [-0.05, 0) is 62.1 Å². The highest BCUT2D eigenvalue weighted by Gasteiger charge is 2.32. The number of amides is 2. The van der Waals surface area contributed by atoms with Crippen LogP contribution in [0.4, 0.5) is 18.9 Å². The average molecular weight is 478 g/mol. The number of rotatable bonds is 2. The lowest BCUT2D eigenvalue weighted by molar-refractivity contribution is -0.137. The van der Waals surface area contributed by atoms with Crippen molar-refractivity contribution in [3.8, 4) is 0 Å². The molecule has 0 N–H and O–H groups in total. The highest BCUT2D eigenvalue weighted by Crippen LogP contribution is 2.31. The van der Waals surface area contributed by atoms with Gasteiger partial charge in [0.2, 0.25) is 5.91 Å². The number of piperidine rings is 1. The summed E-state index contributed by atoms with van der Waals surface area (Å²) in [6.45, 7) is 8.04. The van der Waals surface area contributed by atoms with Crippen LogP contribution in [0, 0.1) is 6.92 Å². The largest absolute Gasteiger partial charge is 0.416 e. The molecular weight excluding hydrogens is 443 g/mol. The van der Waals surface area contributed by atoms with Crippen LogP contribution in [-0.2, 0) is 11.0 Å². The van der Waals surface area contributed by atoms with Gasteiger partial charge in [0.05, 0.1) is 18.8 Å². The van der Waals surface area contributed by atoms with E-state index in [1.165, 1.54) is 6.07 Å². The molecule has 0 spiro atoms. The van der Waals surface area contributed by atoms with Gasteiger partial charge in [-0.3, -0.25) is 9.59 Å². The van der Waals surface area contributed by atoms with Gasteiger partial charge in [0, 0.05) is 31.4 Å². The Bertz CT molecular complexity index is 942. The predicted octanol–water partition coefficient (Wildman–Crippen LogP) is 5.59.